The number of ether oxygens (including phenoxy) is 2. The van der Waals surface area contributed by atoms with Crippen LogP contribution in [0.25, 0.3) is 11.2 Å². The van der Waals surface area contributed by atoms with Crippen LogP contribution >= 0.6 is 7.60 Å². The van der Waals surface area contributed by atoms with Crippen LogP contribution in [0.5, 0.6) is 0 Å². The molecule has 0 amide bonds. The van der Waals surface area contributed by atoms with Crippen molar-refractivity contribution < 1.29 is 23.1 Å². The summed E-state index contributed by atoms with van der Waals surface area (Å²) in [6.45, 7) is 4.39. The molecule has 258 valence electrons. The Morgan fingerprint density at radius 2 is 1.33 bits per heavy atom. The van der Waals surface area contributed by atoms with Gasteiger partial charge >= 0.3 is 7.60 Å². The number of unbranched alkanes of at least 4 members (excludes halogenated alkanes) is 15. The molecule has 0 unspecified atom stereocenters. The summed E-state index contributed by atoms with van der Waals surface area (Å²) in [6.07, 6.45) is 24.4. The lowest BCUT2D eigenvalue weighted by Crippen LogP contribution is -2.11. The van der Waals surface area contributed by atoms with Gasteiger partial charge in [0.05, 0.1) is 32.8 Å². The van der Waals surface area contributed by atoms with Crippen molar-refractivity contribution in [3.8, 4) is 0 Å². The summed E-state index contributed by atoms with van der Waals surface area (Å²) in [5, 5.41) is 0. The highest BCUT2D eigenvalue weighted by molar-refractivity contribution is 7.53. The van der Waals surface area contributed by atoms with Gasteiger partial charge in [0.1, 0.15) is 18.2 Å². The molecular formula is C35H58N5O5P. The first-order chi connectivity index (χ1) is 22.6. The van der Waals surface area contributed by atoms with Crippen LogP contribution in [-0.4, -0.2) is 52.3 Å². The van der Waals surface area contributed by atoms with Crippen LogP contribution in [0.3, 0.4) is 0 Å². The van der Waals surface area contributed by atoms with E-state index in [9.17, 15) is 4.57 Å². The molecule has 0 aliphatic carbocycles. The summed E-state index contributed by atoms with van der Waals surface area (Å²) in [7, 11) is -3.51. The molecule has 0 bridgehead atoms. The molecule has 2 N–H and O–H groups in total. The number of fused-ring (bicyclic) bond motifs is 1. The van der Waals surface area contributed by atoms with E-state index >= 15 is 0 Å². The number of nitrogen functional groups attached to an aromatic ring is 1. The number of benzene rings is 1. The molecule has 0 fully saturated rings. The van der Waals surface area contributed by atoms with Gasteiger partial charge in [-0.3, -0.25) is 4.57 Å². The van der Waals surface area contributed by atoms with Crippen molar-refractivity contribution in [2.24, 2.45) is 0 Å². The summed E-state index contributed by atoms with van der Waals surface area (Å²) >= 11 is 0. The minimum atomic E-state index is -3.51. The number of nitrogens with two attached hydrogens (primary N) is 1. The highest BCUT2D eigenvalue weighted by atomic mass is 31.2. The van der Waals surface area contributed by atoms with Crippen molar-refractivity contribution in [1.82, 2.24) is 19.5 Å². The van der Waals surface area contributed by atoms with E-state index in [0.717, 1.165) is 12.0 Å². The molecule has 0 aliphatic heterocycles. The smallest absolute Gasteiger partial charge is 0.356 e. The Kier molecular flexibility index (Phi) is 19.8. The molecule has 0 aliphatic rings. The number of anilines is 1. The Morgan fingerprint density at radius 1 is 0.696 bits per heavy atom. The highest BCUT2D eigenvalue weighted by Crippen LogP contribution is 2.48. The molecule has 3 rings (SSSR count). The van der Waals surface area contributed by atoms with Crippen LogP contribution < -0.4 is 5.73 Å². The zero-order valence-corrected chi connectivity index (χ0v) is 29.1. The second kappa shape index (κ2) is 23.9. The van der Waals surface area contributed by atoms with Gasteiger partial charge in [-0.05, 0) is 12.0 Å². The molecule has 46 heavy (non-hydrogen) atoms. The zero-order valence-electron chi connectivity index (χ0n) is 28.2. The van der Waals surface area contributed by atoms with Crippen molar-refractivity contribution in [3.63, 3.8) is 0 Å². The molecule has 2 aromatic heterocycles. The predicted octanol–water partition coefficient (Wildman–Crippen LogP) is 9.09. The lowest BCUT2D eigenvalue weighted by molar-refractivity contribution is 0.0756. The second-order valence-corrected chi connectivity index (χ2v) is 14.0. The summed E-state index contributed by atoms with van der Waals surface area (Å²) in [5.74, 6) is 0.328. The van der Waals surface area contributed by atoms with E-state index in [-0.39, 0.29) is 26.2 Å². The summed E-state index contributed by atoms with van der Waals surface area (Å²) in [4.78, 5) is 12.5. The molecule has 0 saturated heterocycles. The van der Waals surface area contributed by atoms with Gasteiger partial charge < -0.3 is 28.8 Å². The number of aromatic nitrogens is 4. The standard InChI is InChI=1S/C35H58N5O5P/c1-2-3-4-5-6-7-8-9-10-11-12-13-14-15-16-20-24-42-26-27-44-46(41,45-28-32-21-18-17-19-22-32)31-43-25-23-40-30-39-33-34(36)37-29-38-35(33)40/h17-19,21-22,29-30H,2-16,20,23-28,31H2,1H3,(H2,36,37,38)/t46-/m1/s1. The highest BCUT2D eigenvalue weighted by Gasteiger charge is 2.25. The first-order valence-electron chi connectivity index (χ1n) is 17.6. The van der Waals surface area contributed by atoms with Gasteiger partial charge in [-0.15, -0.1) is 0 Å². The van der Waals surface area contributed by atoms with Gasteiger partial charge in [-0.25, -0.2) is 15.0 Å². The fourth-order valence-corrected chi connectivity index (χ4v) is 6.62. The van der Waals surface area contributed by atoms with E-state index in [1.807, 2.05) is 34.9 Å². The van der Waals surface area contributed by atoms with E-state index in [0.29, 0.717) is 36.7 Å². The lowest BCUT2D eigenvalue weighted by atomic mass is 10.0. The summed E-state index contributed by atoms with van der Waals surface area (Å²) < 4.78 is 38.4. The first-order valence-corrected chi connectivity index (χ1v) is 19.3. The van der Waals surface area contributed by atoms with Crippen molar-refractivity contribution in [3.05, 3.63) is 48.5 Å². The second-order valence-electron chi connectivity index (χ2n) is 12.0. The van der Waals surface area contributed by atoms with Crippen LogP contribution in [-0.2, 0) is 36.2 Å². The Morgan fingerprint density at radius 3 is 1.98 bits per heavy atom. The molecule has 1 atom stereocenters. The normalized spacial score (nSPS) is 13.0. The minimum Gasteiger partial charge on any atom is -0.382 e. The van der Waals surface area contributed by atoms with Crippen LogP contribution in [0.1, 0.15) is 115 Å². The molecule has 11 heteroatoms. The molecule has 3 aromatic rings. The van der Waals surface area contributed by atoms with E-state index < -0.39 is 7.60 Å². The van der Waals surface area contributed by atoms with Gasteiger partial charge in [0.25, 0.3) is 0 Å². The van der Waals surface area contributed by atoms with Crippen LogP contribution in [0.2, 0.25) is 0 Å². The molecule has 10 nitrogen and oxygen atoms in total. The third-order valence-corrected chi connectivity index (χ3v) is 9.68. The van der Waals surface area contributed by atoms with E-state index in [1.54, 1.807) is 6.33 Å². The maximum atomic E-state index is 13.5. The zero-order chi connectivity index (χ0) is 32.5. The maximum absolute atomic E-state index is 13.5. The predicted molar refractivity (Wildman–Crippen MR) is 186 cm³/mol. The number of rotatable bonds is 29. The number of imidazole rings is 1. The van der Waals surface area contributed by atoms with E-state index in [1.165, 1.54) is 103 Å². The fourth-order valence-electron chi connectivity index (χ4n) is 5.35. The van der Waals surface area contributed by atoms with Gasteiger partial charge in [0.2, 0.25) is 0 Å². The monoisotopic (exact) mass is 659 g/mol. The summed E-state index contributed by atoms with van der Waals surface area (Å²) in [5.41, 5.74) is 7.95. The number of hydrogen-bond donors (Lipinski definition) is 1. The van der Waals surface area contributed by atoms with Crippen LogP contribution in [0, 0.1) is 0 Å². The molecule has 2 heterocycles. The Labute approximate surface area is 276 Å². The molecule has 1 aromatic carbocycles. The molecule has 0 spiro atoms. The van der Waals surface area contributed by atoms with E-state index in [4.69, 9.17) is 24.3 Å². The molecule has 0 saturated carbocycles. The average molecular weight is 660 g/mol. The van der Waals surface area contributed by atoms with Crippen LogP contribution in [0.4, 0.5) is 5.82 Å². The van der Waals surface area contributed by atoms with Crippen molar-refractivity contribution in [2.75, 3.05) is 38.5 Å². The third-order valence-electron chi connectivity index (χ3n) is 8.08. The topological polar surface area (TPSA) is 124 Å². The van der Waals surface area contributed by atoms with Gasteiger partial charge in [0, 0.05) is 13.2 Å². The van der Waals surface area contributed by atoms with Crippen molar-refractivity contribution in [2.45, 2.75) is 123 Å². The van der Waals surface area contributed by atoms with Crippen molar-refractivity contribution >= 4 is 24.6 Å². The quantitative estimate of drug-likeness (QED) is 0.0574. The lowest BCUT2D eigenvalue weighted by Gasteiger charge is -2.19. The largest absolute Gasteiger partial charge is 0.382 e. The number of nitrogens with zero attached hydrogens (tertiary/aromatic N) is 4. The van der Waals surface area contributed by atoms with E-state index in [2.05, 4.69) is 21.9 Å². The van der Waals surface area contributed by atoms with Crippen molar-refractivity contribution in [1.29, 1.82) is 0 Å². The van der Waals surface area contributed by atoms with Gasteiger partial charge in [0.15, 0.2) is 11.5 Å². The molecule has 0 radical (unpaired) electrons. The van der Waals surface area contributed by atoms with Crippen LogP contribution in [0.15, 0.2) is 43.0 Å². The van der Waals surface area contributed by atoms with Gasteiger partial charge in [-0.1, -0.05) is 134 Å². The average Bonchev–Trinajstić information content (AvgIpc) is 3.50. The Balaban J connectivity index is 1.21. The Hall–Kier alpha value is -2.36. The first kappa shape index (κ1) is 38.1. The Bertz CT molecular complexity index is 1230. The maximum Gasteiger partial charge on any atom is 0.356 e. The van der Waals surface area contributed by atoms with Gasteiger partial charge in [-0.2, -0.15) is 0 Å². The SMILES string of the molecule is CCCCCCCCCCCCCCCCCCOCCO[P@](=O)(COCCn1cnc2c(N)ncnc21)OCc1ccccc1. The third kappa shape index (κ3) is 16.0. The fraction of sp³-hybridized carbons (Fsp3) is 0.686. The molecular weight excluding hydrogens is 601 g/mol. The summed E-state index contributed by atoms with van der Waals surface area (Å²) in [6, 6.07) is 9.60. The minimum absolute atomic E-state index is 0.164. The number of hydrogen-bond acceptors (Lipinski definition) is 9.